The summed E-state index contributed by atoms with van der Waals surface area (Å²) >= 11 is 0. The minimum Gasteiger partial charge on any atom is -0.393 e. The first-order valence-electron chi connectivity index (χ1n) is 6.12. The third-order valence-electron chi connectivity index (χ3n) is 4.15. The van der Waals surface area contributed by atoms with E-state index in [1.807, 2.05) is 0 Å². The monoisotopic (exact) mass is 198 g/mol. The first kappa shape index (κ1) is 10.4. The molecule has 0 aliphatic heterocycles. The van der Waals surface area contributed by atoms with Gasteiger partial charge in [-0.25, -0.2) is 0 Å². The molecule has 0 spiro atoms. The zero-order chi connectivity index (χ0) is 9.97. The second kappa shape index (κ2) is 4.63. The van der Waals surface area contributed by atoms with E-state index >= 15 is 0 Å². The van der Waals surface area contributed by atoms with E-state index in [0.29, 0.717) is 0 Å². The van der Waals surface area contributed by atoms with Gasteiger partial charge in [0.1, 0.15) is 0 Å². The first-order chi connectivity index (χ1) is 6.75. The third kappa shape index (κ3) is 2.48. The van der Waals surface area contributed by atoms with Crippen LogP contribution in [0.5, 0.6) is 0 Å². The van der Waals surface area contributed by atoms with Crippen molar-refractivity contribution in [1.82, 2.24) is 0 Å². The lowest BCUT2D eigenvalue weighted by Crippen LogP contribution is -2.28. The SMILES string of the molecule is OC1CCC([C@H]2CC[C@H](O)CC2)CC1. The molecule has 0 heterocycles. The topological polar surface area (TPSA) is 40.5 Å². The molecule has 0 amide bonds. The maximum atomic E-state index is 9.43. The molecule has 2 heteroatoms. The molecule has 0 bridgehead atoms. The van der Waals surface area contributed by atoms with Crippen molar-refractivity contribution in [3.63, 3.8) is 0 Å². The van der Waals surface area contributed by atoms with Gasteiger partial charge in [-0.05, 0) is 63.2 Å². The molecule has 14 heavy (non-hydrogen) atoms. The van der Waals surface area contributed by atoms with Crippen LogP contribution in [0.2, 0.25) is 0 Å². The highest BCUT2D eigenvalue weighted by Gasteiger charge is 2.29. The maximum absolute atomic E-state index is 9.43. The fourth-order valence-corrected chi connectivity index (χ4v) is 3.15. The van der Waals surface area contributed by atoms with Crippen molar-refractivity contribution < 1.29 is 10.2 Å². The van der Waals surface area contributed by atoms with Crippen LogP contribution in [0.25, 0.3) is 0 Å². The summed E-state index contributed by atoms with van der Waals surface area (Å²) in [6.45, 7) is 0. The van der Waals surface area contributed by atoms with Crippen molar-refractivity contribution in [2.75, 3.05) is 0 Å². The van der Waals surface area contributed by atoms with E-state index in [9.17, 15) is 10.2 Å². The zero-order valence-electron chi connectivity index (χ0n) is 8.86. The van der Waals surface area contributed by atoms with Crippen LogP contribution in [0.1, 0.15) is 51.4 Å². The Bertz CT molecular complexity index is 145. The summed E-state index contributed by atoms with van der Waals surface area (Å²) in [4.78, 5) is 0. The van der Waals surface area contributed by atoms with Crippen molar-refractivity contribution in [1.29, 1.82) is 0 Å². The Hall–Kier alpha value is -0.0800. The molecule has 2 rings (SSSR count). The fourth-order valence-electron chi connectivity index (χ4n) is 3.15. The number of aliphatic hydroxyl groups is 2. The Morgan fingerprint density at radius 3 is 1.07 bits per heavy atom. The minimum absolute atomic E-state index is 0.0274. The van der Waals surface area contributed by atoms with Crippen molar-refractivity contribution in [2.45, 2.75) is 63.6 Å². The van der Waals surface area contributed by atoms with Crippen LogP contribution in [0.15, 0.2) is 0 Å². The molecule has 0 aromatic rings. The average molecular weight is 198 g/mol. The van der Waals surface area contributed by atoms with Gasteiger partial charge in [0.2, 0.25) is 0 Å². The smallest absolute Gasteiger partial charge is 0.0540 e. The molecule has 0 unspecified atom stereocenters. The largest absolute Gasteiger partial charge is 0.393 e. The molecule has 2 aliphatic rings. The van der Waals surface area contributed by atoms with Gasteiger partial charge in [0.25, 0.3) is 0 Å². The summed E-state index contributed by atoms with van der Waals surface area (Å²) in [5.41, 5.74) is 0. The standard InChI is InChI=1S/C12H22O2/c13-11-5-1-9(2-6-11)10-3-7-12(14)8-4-10/h9-14H,1-8H2/t9-,10?,11-,12?. The predicted octanol–water partition coefficient (Wildman–Crippen LogP) is 2.09. The molecular formula is C12H22O2. The van der Waals surface area contributed by atoms with Crippen molar-refractivity contribution >= 4 is 0 Å². The maximum Gasteiger partial charge on any atom is 0.0540 e. The molecule has 82 valence electrons. The van der Waals surface area contributed by atoms with E-state index in [1.165, 1.54) is 25.7 Å². The van der Waals surface area contributed by atoms with E-state index in [-0.39, 0.29) is 12.2 Å². The zero-order valence-corrected chi connectivity index (χ0v) is 8.86. The quantitative estimate of drug-likeness (QED) is 0.677. The Morgan fingerprint density at radius 2 is 0.786 bits per heavy atom. The number of aliphatic hydroxyl groups excluding tert-OH is 2. The molecule has 0 aromatic heterocycles. The summed E-state index contributed by atoms with van der Waals surface area (Å²) < 4.78 is 0. The van der Waals surface area contributed by atoms with Gasteiger partial charge >= 0.3 is 0 Å². The molecule has 2 N–H and O–H groups in total. The fraction of sp³-hybridized carbons (Fsp3) is 1.00. The van der Waals surface area contributed by atoms with Gasteiger partial charge in [0, 0.05) is 0 Å². The Labute approximate surface area is 86.3 Å². The van der Waals surface area contributed by atoms with Gasteiger partial charge in [-0.3, -0.25) is 0 Å². The molecule has 0 aromatic carbocycles. The predicted molar refractivity (Wildman–Crippen MR) is 55.9 cm³/mol. The van der Waals surface area contributed by atoms with Crippen LogP contribution in [0.4, 0.5) is 0 Å². The van der Waals surface area contributed by atoms with Crippen LogP contribution in [-0.2, 0) is 0 Å². The van der Waals surface area contributed by atoms with Gasteiger partial charge in [0.15, 0.2) is 0 Å². The van der Waals surface area contributed by atoms with Gasteiger partial charge < -0.3 is 10.2 Å². The van der Waals surface area contributed by atoms with Crippen molar-refractivity contribution in [2.24, 2.45) is 11.8 Å². The van der Waals surface area contributed by atoms with Gasteiger partial charge in [-0.2, -0.15) is 0 Å². The van der Waals surface area contributed by atoms with Gasteiger partial charge in [-0.1, -0.05) is 0 Å². The van der Waals surface area contributed by atoms with E-state index in [2.05, 4.69) is 0 Å². The average Bonchev–Trinajstić information content (AvgIpc) is 2.21. The summed E-state index contributed by atoms with van der Waals surface area (Å²) in [6, 6.07) is 0. The highest BCUT2D eigenvalue weighted by Crippen LogP contribution is 2.38. The summed E-state index contributed by atoms with van der Waals surface area (Å²) in [6.07, 6.45) is 8.80. The van der Waals surface area contributed by atoms with Crippen LogP contribution in [0.3, 0.4) is 0 Å². The van der Waals surface area contributed by atoms with Crippen LogP contribution in [0, 0.1) is 11.8 Å². The highest BCUT2D eigenvalue weighted by molar-refractivity contribution is 4.81. The van der Waals surface area contributed by atoms with Crippen LogP contribution in [-0.4, -0.2) is 22.4 Å². The second-order valence-corrected chi connectivity index (χ2v) is 5.14. The van der Waals surface area contributed by atoms with E-state index in [4.69, 9.17) is 0 Å². The molecular weight excluding hydrogens is 176 g/mol. The lowest BCUT2D eigenvalue weighted by atomic mass is 9.72. The lowest BCUT2D eigenvalue weighted by molar-refractivity contribution is 0.0543. The highest BCUT2D eigenvalue weighted by atomic mass is 16.3. The third-order valence-corrected chi connectivity index (χ3v) is 4.15. The minimum atomic E-state index is -0.0274. The number of hydrogen-bond donors (Lipinski definition) is 2. The summed E-state index contributed by atoms with van der Waals surface area (Å²) in [5, 5.41) is 18.9. The van der Waals surface area contributed by atoms with Crippen LogP contribution >= 0.6 is 0 Å². The molecule has 2 nitrogen and oxygen atoms in total. The molecule has 2 fully saturated rings. The first-order valence-corrected chi connectivity index (χ1v) is 6.12. The normalized spacial score (nSPS) is 45.0. The van der Waals surface area contributed by atoms with Gasteiger partial charge in [-0.15, -0.1) is 0 Å². The molecule has 2 saturated carbocycles. The molecule has 2 aliphatic carbocycles. The van der Waals surface area contributed by atoms with E-state index in [0.717, 1.165) is 37.5 Å². The van der Waals surface area contributed by atoms with Gasteiger partial charge in [0.05, 0.1) is 12.2 Å². The Morgan fingerprint density at radius 1 is 0.500 bits per heavy atom. The van der Waals surface area contributed by atoms with Crippen molar-refractivity contribution in [3.8, 4) is 0 Å². The Kier molecular flexibility index (Phi) is 3.45. The van der Waals surface area contributed by atoms with E-state index < -0.39 is 0 Å². The second-order valence-electron chi connectivity index (χ2n) is 5.14. The lowest BCUT2D eigenvalue weighted by Gasteiger charge is -2.35. The summed E-state index contributed by atoms with van der Waals surface area (Å²) in [7, 11) is 0. The van der Waals surface area contributed by atoms with E-state index in [1.54, 1.807) is 0 Å². The molecule has 0 saturated heterocycles. The summed E-state index contributed by atoms with van der Waals surface area (Å²) in [5.74, 6) is 1.68. The number of rotatable bonds is 1. The number of hydrogen-bond acceptors (Lipinski definition) is 2. The van der Waals surface area contributed by atoms with Crippen molar-refractivity contribution in [3.05, 3.63) is 0 Å². The Balaban J connectivity index is 1.78. The molecule has 0 atom stereocenters. The van der Waals surface area contributed by atoms with Crippen LogP contribution < -0.4 is 0 Å². The molecule has 0 radical (unpaired) electrons.